The minimum atomic E-state index is 0.633. The first-order valence-corrected chi connectivity index (χ1v) is 3.09. The largest absolute Gasteiger partial charge is 0.338 e. The monoisotopic (exact) mass is 156 g/mol. The fourth-order valence-corrected chi connectivity index (χ4v) is 0.688. The molecular formula is C7H10NO3+. The first-order valence-electron chi connectivity index (χ1n) is 3.09. The average Bonchev–Trinajstić information content (AvgIpc) is 2.07. The van der Waals surface area contributed by atoms with E-state index >= 15 is 0 Å². The van der Waals surface area contributed by atoms with Crippen LogP contribution in [0.5, 0.6) is 11.5 Å². The first kappa shape index (κ1) is 7.84. The second kappa shape index (κ2) is 3.80. The van der Waals surface area contributed by atoms with Gasteiger partial charge in [0.25, 0.3) is 0 Å². The van der Waals surface area contributed by atoms with Crippen molar-refractivity contribution in [3.63, 3.8) is 0 Å². The van der Waals surface area contributed by atoms with Crippen molar-refractivity contribution in [3.05, 3.63) is 24.3 Å². The van der Waals surface area contributed by atoms with Crippen molar-refractivity contribution in [1.82, 2.24) is 0 Å². The van der Waals surface area contributed by atoms with Crippen molar-refractivity contribution in [1.29, 1.82) is 0 Å². The summed E-state index contributed by atoms with van der Waals surface area (Å²) in [5.41, 5.74) is 0. The lowest BCUT2D eigenvalue weighted by molar-refractivity contribution is -0.635. The molecule has 0 aliphatic rings. The standard InChI is InChI=1S/C7H10NO3/c1-9-11-7-4-2-6(10-8)3-5-7/h2-5H,1,8H3/q+1. The van der Waals surface area contributed by atoms with Crippen molar-refractivity contribution in [2.24, 2.45) is 0 Å². The van der Waals surface area contributed by atoms with E-state index in [4.69, 9.17) is 9.73 Å². The van der Waals surface area contributed by atoms with Crippen LogP contribution in [0.25, 0.3) is 0 Å². The Bertz CT molecular complexity index is 209. The molecule has 1 aromatic carbocycles. The van der Waals surface area contributed by atoms with Crippen LogP contribution in [0.2, 0.25) is 0 Å². The van der Waals surface area contributed by atoms with E-state index in [9.17, 15) is 0 Å². The number of hydrogen-bond donors (Lipinski definition) is 1. The summed E-state index contributed by atoms with van der Waals surface area (Å²) in [6.45, 7) is 0. The summed E-state index contributed by atoms with van der Waals surface area (Å²) in [4.78, 5) is 13.9. The molecule has 1 rings (SSSR count). The van der Waals surface area contributed by atoms with Gasteiger partial charge in [-0.1, -0.05) is 0 Å². The molecule has 0 aliphatic carbocycles. The number of rotatable bonds is 3. The van der Waals surface area contributed by atoms with Crippen LogP contribution in [0, 0.1) is 0 Å². The molecule has 60 valence electrons. The Morgan fingerprint density at radius 1 is 1.09 bits per heavy atom. The van der Waals surface area contributed by atoms with Gasteiger partial charge in [0, 0.05) is 0 Å². The molecule has 4 nitrogen and oxygen atoms in total. The lowest BCUT2D eigenvalue weighted by atomic mass is 10.3. The minimum absolute atomic E-state index is 0.633. The van der Waals surface area contributed by atoms with E-state index < -0.39 is 0 Å². The van der Waals surface area contributed by atoms with E-state index in [1.165, 1.54) is 7.11 Å². The molecule has 1 aromatic rings. The van der Waals surface area contributed by atoms with Gasteiger partial charge in [-0.05, 0) is 24.3 Å². The molecule has 0 radical (unpaired) electrons. The molecular weight excluding hydrogens is 146 g/mol. The van der Waals surface area contributed by atoms with Gasteiger partial charge in [-0.25, -0.2) is 0 Å². The van der Waals surface area contributed by atoms with Crippen LogP contribution >= 0.6 is 0 Å². The van der Waals surface area contributed by atoms with Crippen LogP contribution in [0.4, 0.5) is 0 Å². The molecule has 0 aliphatic heterocycles. The van der Waals surface area contributed by atoms with Crippen LogP contribution in [0.3, 0.4) is 0 Å². The lowest BCUT2D eigenvalue weighted by Crippen LogP contribution is -2.53. The maximum Gasteiger partial charge on any atom is 0.190 e. The SMILES string of the molecule is COOc1ccc(O[NH3+])cc1. The third-order valence-electron chi connectivity index (χ3n) is 1.17. The smallest absolute Gasteiger partial charge is 0.190 e. The Morgan fingerprint density at radius 3 is 2.09 bits per heavy atom. The van der Waals surface area contributed by atoms with E-state index in [1.54, 1.807) is 24.3 Å². The molecule has 4 heteroatoms. The van der Waals surface area contributed by atoms with E-state index in [0.29, 0.717) is 11.5 Å². The van der Waals surface area contributed by atoms with E-state index in [0.717, 1.165) is 0 Å². The van der Waals surface area contributed by atoms with Gasteiger partial charge in [-0.2, -0.15) is 10.8 Å². The van der Waals surface area contributed by atoms with Crippen LogP contribution in [-0.2, 0) is 4.89 Å². The maximum atomic E-state index is 4.73. The van der Waals surface area contributed by atoms with Crippen molar-refractivity contribution in [2.45, 2.75) is 0 Å². The lowest BCUT2D eigenvalue weighted by Gasteiger charge is -1.99. The van der Waals surface area contributed by atoms with Crippen LogP contribution in [0.15, 0.2) is 24.3 Å². The predicted molar refractivity (Wildman–Crippen MR) is 37.6 cm³/mol. The average molecular weight is 156 g/mol. The highest BCUT2D eigenvalue weighted by molar-refractivity contribution is 5.30. The van der Waals surface area contributed by atoms with Crippen LogP contribution in [0.1, 0.15) is 0 Å². The van der Waals surface area contributed by atoms with Gasteiger partial charge in [0.2, 0.25) is 0 Å². The summed E-state index contributed by atoms with van der Waals surface area (Å²) >= 11 is 0. The van der Waals surface area contributed by atoms with E-state index in [2.05, 4.69) is 10.8 Å². The highest BCUT2D eigenvalue weighted by Crippen LogP contribution is 2.15. The summed E-state index contributed by atoms with van der Waals surface area (Å²) in [6, 6.07) is 6.93. The Kier molecular flexibility index (Phi) is 2.71. The second-order valence-electron chi connectivity index (χ2n) is 1.87. The molecule has 0 bridgehead atoms. The normalized spacial score (nSPS) is 9.27. The van der Waals surface area contributed by atoms with Crippen LogP contribution < -0.4 is 15.6 Å². The number of hydrogen-bond acceptors (Lipinski definition) is 3. The van der Waals surface area contributed by atoms with Gasteiger partial charge in [0.05, 0.1) is 7.11 Å². The van der Waals surface area contributed by atoms with E-state index in [-0.39, 0.29) is 0 Å². The zero-order chi connectivity index (χ0) is 8.10. The van der Waals surface area contributed by atoms with Gasteiger partial charge in [-0.15, -0.1) is 0 Å². The molecule has 11 heavy (non-hydrogen) atoms. The maximum absolute atomic E-state index is 4.73. The molecule has 0 heterocycles. The summed E-state index contributed by atoms with van der Waals surface area (Å²) < 4.78 is 0. The van der Waals surface area contributed by atoms with Crippen molar-refractivity contribution >= 4 is 0 Å². The van der Waals surface area contributed by atoms with Gasteiger partial charge in [0.1, 0.15) is 0 Å². The molecule has 0 atom stereocenters. The Balaban J connectivity index is 2.66. The van der Waals surface area contributed by atoms with Gasteiger partial charge in [0.15, 0.2) is 11.5 Å². The van der Waals surface area contributed by atoms with E-state index in [1.807, 2.05) is 0 Å². The Labute approximate surface area is 64.4 Å². The van der Waals surface area contributed by atoms with Crippen molar-refractivity contribution in [3.8, 4) is 11.5 Å². The summed E-state index contributed by atoms with van der Waals surface area (Å²) in [5.74, 6) is 4.58. The molecule has 0 fully saturated rings. The fraction of sp³-hybridized carbons (Fsp3) is 0.143. The minimum Gasteiger partial charge on any atom is -0.338 e. The molecule has 0 saturated heterocycles. The Morgan fingerprint density at radius 2 is 1.64 bits per heavy atom. The van der Waals surface area contributed by atoms with Gasteiger partial charge >= 0.3 is 0 Å². The van der Waals surface area contributed by atoms with Crippen molar-refractivity contribution < 1.29 is 20.5 Å². The number of quaternary nitrogens is 1. The molecule has 0 amide bonds. The number of benzene rings is 1. The molecule has 0 aromatic heterocycles. The summed E-state index contributed by atoms with van der Waals surface area (Å²) in [6.07, 6.45) is 0. The zero-order valence-electron chi connectivity index (χ0n) is 6.24. The molecule has 0 spiro atoms. The third kappa shape index (κ3) is 2.10. The summed E-state index contributed by atoms with van der Waals surface area (Å²) in [7, 11) is 1.45. The zero-order valence-corrected chi connectivity index (χ0v) is 6.24. The fourth-order valence-electron chi connectivity index (χ4n) is 0.688. The highest BCUT2D eigenvalue weighted by atomic mass is 17.2. The molecule has 0 unspecified atom stereocenters. The quantitative estimate of drug-likeness (QED) is 0.501. The third-order valence-corrected chi connectivity index (χ3v) is 1.17. The summed E-state index contributed by atoms with van der Waals surface area (Å²) in [5, 5.41) is 0. The van der Waals surface area contributed by atoms with Crippen LogP contribution in [-0.4, -0.2) is 7.11 Å². The topological polar surface area (TPSA) is 55.3 Å². The molecule has 0 saturated carbocycles. The Hall–Kier alpha value is -1.26. The van der Waals surface area contributed by atoms with Gasteiger partial charge in [-0.3, -0.25) is 0 Å². The first-order chi connectivity index (χ1) is 5.36. The van der Waals surface area contributed by atoms with Gasteiger partial charge < -0.3 is 9.73 Å². The second-order valence-corrected chi connectivity index (χ2v) is 1.87. The predicted octanol–water partition coefficient (Wildman–Crippen LogP) is 0.162. The van der Waals surface area contributed by atoms with Crippen molar-refractivity contribution in [2.75, 3.05) is 7.11 Å². The molecule has 3 N–H and O–H groups in total. The highest BCUT2D eigenvalue weighted by Gasteiger charge is 1.94.